The minimum atomic E-state index is -1.08. The number of aromatic hydroxyl groups is 2. The first-order valence-electron chi connectivity index (χ1n) is 15.8. The van der Waals surface area contributed by atoms with E-state index in [9.17, 15) is 15.0 Å². The topological polar surface area (TPSA) is 168 Å². The summed E-state index contributed by atoms with van der Waals surface area (Å²) in [4.78, 5) is 17.5. The number of carbonyl (C=O) groups excluding carboxylic acids is 1. The lowest BCUT2D eigenvalue weighted by Crippen LogP contribution is -2.32. The van der Waals surface area contributed by atoms with Gasteiger partial charge in [-0.1, -0.05) is 61.0 Å². The van der Waals surface area contributed by atoms with E-state index in [1.165, 1.54) is 0 Å². The Labute approximate surface area is 283 Å². The van der Waals surface area contributed by atoms with Crippen molar-refractivity contribution in [2.24, 2.45) is 0 Å². The highest BCUT2D eigenvalue weighted by Gasteiger charge is 2.35. The molecular formula is C36H29N9O5. The molecular weight excluding hydrogens is 638 g/mol. The third-order valence-electron chi connectivity index (χ3n) is 8.22. The van der Waals surface area contributed by atoms with Crippen LogP contribution in [0.3, 0.4) is 0 Å². The van der Waals surface area contributed by atoms with Crippen LogP contribution >= 0.6 is 0 Å². The first-order chi connectivity index (χ1) is 24.3. The van der Waals surface area contributed by atoms with Crippen LogP contribution in [0.5, 0.6) is 23.0 Å². The van der Waals surface area contributed by atoms with E-state index in [1.54, 1.807) is 85.8 Å². The summed E-state index contributed by atoms with van der Waals surface area (Å²) in [6.07, 6.45) is -0.835. The Morgan fingerprint density at radius 2 is 1.04 bits per heavy atom. The SMILES string of the molecule is CCC(Oc1ccc(C)cc1C)C(=O)Oc1c(-n2nc3ccccc3n2)c(O)c(-n2nc3ccccc3n2)c(O)c1-n1nc2ccccc2n1. The van der Waals surface area contributed by atoms with Gasteiger partial charge < -0.3 is 19.7 Å². The third kappa shape index (κ3) is 5.19. The van der Waals surface area contributed by atoms with Gasteiger partial charge in [0.25, 0.3) is 0 Å². The van der Waals surface area contributed by atoms with Gasteiger partial charge in [-0.25, -0.2) is 4.79 Å². The predicted octanol–water partition coefficient (Wildman–Crippen LogP) is 5.68. The normalized spacial score (nSPS) is 12.1. The molecule has 8 rings (SSSR count). The van der Waals surface area contributed by atoms with Crippen LogP contribution in [-0.2, 0) is 4.79 Å². The predicted molar refractivity (Wildman–Crippen MR) is 183 cm³/mol. The molecule has 5 aromatic carbocycles. The standard InChI is InChI=1S/C36H29N9O5/c1-4-28(49-29-18-17-20(2)19-21(29)3)36(48)50-35-31(44-39-24-13-7-8-14-25(24)40-44)33(46)30(43-37-22-11-5-6-12-23(22)38-43)34(47)32(35)45-41-26-15-9-10-16-27(26)42-45/h5-19,28,46-47H,4H2,1-3H3. The van der Waals surface area contributed by atoms with E-state index in [4.69, 9.17) is 9.47 Å². The van der Waals surface area contributed by atoms with Crippen molar-refractivity contribution in [2.75, 3.05) is 0 Å². The molecule has 0 radical (unpaired) electrons. The lowest BCUT2D eigenvalue weighted by molar-refractivity contribution is -0.142. The van der Waals surface area contributed by atoms with Gasteiger partial charge >= 0.3 is 5.97 Å². The second-order valence-corrected chi connectivity index (χ2v) is 11.7. The number of fused-ring (bicyclic) bond motifs is 3. The number of benzene rings is 5. The third-order valence-corrected chi connectivity index (χ3v) is 8.22. The molecule has 0 aliphatic rings. The van der Waals surface area contributed by atoms with Gasteiger partial charge in [-0.3, -0.25) is 0 Å². The van der Waals surface area contributed by atoms with E-state index in [2.05, 4.69) is 30.6 Å². The number of esters is 1. The first kappa shape index (κ1) is 30.5. The van der Waals surface area contributed by atoms with Crippen LogP contribution in [0.15, 0.2) is 91.0 Å². The molecule has 0 spiro atoms. The summed E-state index contributed by atoms with van der Waals surface area (Å²) < 4.78 is 12.3. The molecule has 248 valence electrons. The highest BCUT2D eigenvalue weighted by atomic mass is 16.6. The van der Waals surface area contributed by atoms with Gasteiger partial charge in [0.2, 0.25) is 0 Å². The highest BCUT2D eigenvalue weighted by molar-refractivity contribution is 5.87. The molecule has 0 amide bonds. The number of rotatable bonds is 8. The van der Waals surface area contributed by atoms with Crippen molar-refractivity contribution in [3.05, 3.63) is 102 Å². The van der Waals surface area contributed by atoms with Crippen molar-refractivity contribution in [3.8, 4) is 40.1 Å². The average Bonchev–Trinajstić information content (AvgIpc) is 3.84. The van der Waals surface area contributed by atoms with E-state index >= 15 is 0 Å². The van der Waals surface area contributed by atoms with Crippen molar-refractivity contribution in [2.45, 2.75) is 33.3 Å². The Balaban J connectivity index is 1.38. The van der Waals surface area contributed by atoms with Gasteiger partial charge in [-0.2, -0.15) is 0 Å². The van der Waals surface area contributed by atoms with E-state index in [1.807, 2.05) is 26.0 Å². The molecule has 0 fully saturated rings. The van der Waals surface area contributed by atoms with Gasteiger partial charge in [0.15, 0.2) is 40.4 Å². The Kier molecular flexibility index (Phi) is 7.32. The van der Waals surface area contributed by atoms with E-state index < -0.39 is 23.6 Å². The van der Waals surface area contributed by atoms with Gasteiger partial charge in [-0.15, -0.1) is 45.0 Å². The molecule has 0 aliphatic heterocycles. The molecule has 0 saturated carbocycles. The fourth-order valence-corrected chi connectivity index (χ4v) is 5.75. The average molecular weight is 668 g/mol. The van der Waals surface area contributed by atoms with Crippen LogP contribution in [0, 0.1) is 13.8 Å². The van der Waals surface area contributed by atoms with E-state index in [-0.39, 0.29) is 29.2 Å². The molecule has 0 saturated heterocycles. The van der Waals surface area contributed by atoms with Gasteiger partial charge in [0.05, 0.1) is 0 Å². The highest BCUT2D eigenvalue weighted by Crippen LogP contribution is 2.48. The second-order valence-electron chi connectivity index (χ2n) is 11.7. The van der Waals surface area contributed by atoms with Crippen LogP contribution in [0.1, 0.15) is 24.5 Å². The van der Waals surface area contributed by atoms with E-state index in [0.29, 0.717) is 38.8 Å². The minimum absolute atomic E-state index is 0.193. The first-order valence-corrected chi connectivity index (χ1v) is 15.8. The molecule has 8 aromatic rings. The Morgan fingerprint density at radius 1 is 0.640 bits per heavy atom. The Bertz CT molecular complexity index is 2390. The molecule has 3 heterocycles. The summed E-state index contributed by atoms with van der Waals surface area (Å²) in [7, 11) is 0. The molecule has 0 aliphatic carbocycles. The number of carbonyl (C=O) groups is 1. The molecule has 14 nitrogen and oxygen atoms in total. The summed E-state index contributed by atoms with van der Waals surface area (Å²) in [6, 6.07) is 26.9. The summed E-state index contributed by atoms with van der Waals surface area (Å²) in [6.45, 7) is 5.64. The molecule has 1 atom stereocenters. The zero-order valence-electron chi connectivity index (χ0n) is 27.1. The van der Waals surface area contributed by atoms with Crippen molar-refractivity contribution in [1.29, 1.82) is 0 Å². The number of hydrogen-bond acceptors (Lipinski definition) is 11. The number of ether oxygens (including phenoxy) is 2. The van der Waals surface area contributed by atoms with Gasteiger partial charge in [-0.05, 0) is 68.3 Å². The largest absolute Gasteiger partial charge is 0.504 e. The monoisotopic (exact) mass is 667 g/mol. The Morgan fingerprint density at radius 3 is 1.42 bits per heavy atom. The smallest absolute Gasteiger partial charge is 0.352 e. The zero-order valence-corrected chi connectivity index (χ0v) is 27.1. The minimum Gasteiger partial charge on any atom is -0.504 e. The summed E-state index contributed by atoms with van der Waals surface area (Å²) in [5, 5.41) is 51.6. The van der Waals surface area contributed by atoms with Gasteiger partial charge in [0, 0.05) is 0 Å². The molecule has 2 N–H and O–H groups in total. The fraction of sp³-hybridized carbons (Fsp3) is 0.139. The number of nitrogens with zero attached hydrogens (tertiary/aromatic N) is 9. The Hall–Kier alpha value is -6.83. The van der Waals surface area contributed by atoms with Crippen molar-refractivity contribution in [1.82, 2.24) is 45.0 Å². The lowest BCUT2D eigenvalue weighted by atomic mass is 10.1. The number of hydrogen-bond donors (Lipinski definition) is 2. The van der Waals surface area contributed by atoms with Crippen LogP contribution in [0.25, 0.3) is 50.2 Å². The molecule has 0 bridgehead atoms. The number of phenols is 2. The number of aromatic nitrogens is 9. The van der Waals surface area contributed by atoms with Crippen molar-refractivity contribution in [3.63, 3.8) is 0 Å². The molecule has 1 unspecified atom stereocenters. The maximum atomic E-state index is 14.1. The summed E-state index contributed by atoms with van der Waals surface area (Å²) >= 11 is 0. The molecule has 3 aromatic heterocycles. The van der Waals surface area contributed by atoms with Gasteiger partial charge in [0.1, 0.15) is 38.8 Å². The maximum absolute atomic E-state index is 14.1. The van der Waals surface area contributed by atoms with Crippen LogP contribution in [0.2, 0.25) is 0 Å². The van der Waals surface area contributed by atoms with E-state index in [0.717, 1.165) is 25.5 Å². The summed E-state index contributed by atoms with van der Waals surface area (Å²) in [5.74, 6) is -1.77. The van der Waals surface area contributed by atoms with Crippen LogP contribution in [-0.4, -0.2) is 67.3 Å². The second kappa shape index (κ2) is 12.0. The molecule has 14 heteroatoms. The lowest BCUT2D eigenvalue weighted by Gasteiger charge is -2.22. The number of phenolic OH excluding ortho intramolecular Hbond substituents is 2. The quantitative estimate of drug-likeness (QED) is 0.151. The van der Waals surface area contributed by atoms with Crippen molar-refractivity contribution >= 4 is 39.1 Å². The summed E-state index contributed by atoms with van der Waals surface area (Å²) in [5.41, 5.74) is 4.25. The molecule has 50 heavy (non-hydrogen) atoms. The maximum Gasteiger partial charge on any atom is 0.352 e. The van der Waals surface area contributed by atoms with Crippen molar-refractivity contribution < 1.29 is 24.5 Å². The fourth-order valence-electron chi connectivity index (χ4n) is 5.75. The zero-order chi connectivity index (χ0) is 34.5. The van der Waals surface area contributed by atoms with Crippen LogP contribution in [0.4, 0.5) is 0 Å². The number of aryl methyl sites for hydroxylation is 2. The van der Waals surface area contributed by atoms with Crippen LogP contribution < -0.4 is 9.47 Å².